The molecule has 0 spiro atoms. The zero-order valence-corrected chi connectivity index (χ0v) is 31.1. The van der Waals surface area contributed by atoms with Gasteiger partial charge in [-0.05, 0) is 64.7 Å². The van der Waals surface area contributed by atoms with Crippen LogP contribution in [0.25, 0.3) is 120 Å². The van der Waals surface area contributed by atoms with Crippen molar-refractivity contribution in [3.63, 3.8) is 0 Å². The van der Waals surface area contributed by atoms with Crippen molar-refractivity contribution in [2.24, 2.45) is 0 Å². The molecule has 0 saturated carbocycles. The van der Waals surface area contributed by atoms with Crippen molar-refractivity contribution in [1.82, 2.24) is 15.0 Å². The zero-order chi connectivity index (χ0) is 37.5. The summed E-state index contributed by atoms with van der Waals surface area (Å²) in [7, 11) is 0. The third-order valence-corrected chi connectivity index (χ3v) is 12.2. The van der Waals surface area contributed by atoms with Crippen molar-refractivity contribution < 1.29 is 8.83 Å². The molecule has 0 bridgehead atoms. The van der Waals surface area contributed by atoms with E-state index in [1.165, 1.54) is 36.9 Å². The van der Waals surface area contributed by atoms with Gasteiger partial charge >= 0.3 is 0 Å². The Morgan fingerprint density at radius 2 is 0.982 bits per heavy atom. The van der Waals surface area contributed by atoms with Crippen molar-refractivity contribution in [2.45, 2.75) is 0 Å². The van der Waals surface area contributed by atoms with Gasteiger partial charge < -0.3 is 8.83 Å². The highest BCUT2D eigenvalue weighted by atomic mass is 32.1. The van der Waals surface area contributed by atoms with E-state index in [1.54, 1.807) is 0 Å². The highest BCUT2D eigenvalue weighted by molar-refractivity contribution is 7.26. The molecule has 0 fully saturated rings. The van der Waals surface area contributed by atoms with Crippen LogP contribution in [0.15, 0.2) is 185 Å². The number of benzene rings is 8. The first-order valence-corrected chi connectivity index (χ1v) is 19.7. The molecule has 266 valence electrons. The zero-order valence-electron chi connectivity index (χ0n) is 30.3. The predicted octanol–water partition coefficient (Wildman–Crippen LogP) is 14.4. The van der Waals surface area contributed by atoms with E-state index in [1.807, 2.05) is 78.1 Å². The Morgan fingerprint density at radius 3 is 1.84 bits per heavy atom. The summed E-state index contributed by atoms with van der Waals surface area (Å²) in [6, 6.07) is 61.0. The molecule has 0 unspecified atom stereocenters. The van der Waals surface area contributed by atoms with Crippen molar-refractivity contribution >= 4 is 75.4 Å². The van der Waals surface area contributed by atoms with Gasteiger partial charge in [-0.3, -0.25) is 0 Å². The molecule has 8 aromatic carbocycles. The quantitative estimate of drug-likeness (QED) is 0.175. The number of thiophene rings is 1. The van der Waals surface area contributed by atoms with Crippen LogP contribution in [0.2, 0.25) is 0 Å². The van der Waals surface area contributed by atoms with E-state index in [0.717, 1.165) is 66.1 Å². The summed E-state index contributed by atoms with van der Waals surface area (Å²) in [5.74, 6) is 1.69. The highest BCUT2D eigenvalue weighted by Crippen LogP contribution is 2.45. The number of fused-ring (bicyclic) bond motifs is 9. The van der Waals surface area contributed by atoms with Crippen LogP contribution < -0.4 is 0 Å². The summed E-state index contributed by atoms with van der Waals surface area (Å²) in [5.41, 5.74) is 10.6. The lowest BCUT2D eigenvalue weighted by molar-refractivity contribution is 0.668. The maximum absolute atomic E-state index is 6.54. The van der Waals surface area contributed by atoms with Crippen molar-refractivity contribution in [1.29, 1.82) is 0 Å². The van der Waals surface area contributed by atoms with E-state index in [4.69, 9.17) is 23.8 Å². The fourth-order valence-electron chi connectivity index (χ4n) is 8.28. The first-order chi connectivity index (χ1) is 28.2. The van der Waals surface area contributed by atoms with Gasteiger partial charge in [0.25, 0.3) is 0 Å². The number of hydrogen-bond acceptors (Lipinski definition) is 6. The summed E-state index contributed by atoms with van der Waals surface area (Å²) >= 11 is 1.85. The van der Waals surface area contributed by atoms with E-state index in [9.17, 15) is 0 Å². The molecule has 0 saturated heterocycles. The number of rotatable bonds is 5. The van der Waals surface area contributed by atoms with Crippen molar-refractivity contribution in [3.05, 3.63) is 176 Å². The van der Waals surface area contributed by atoms with Crippen LogP contribution in [0.4, 0.5) is 0 Å². The fourth-order valence-corrected chi connectivity index (χ4v) is 9.55. The minimum atomic E-state index is 0.546. The third kappa shape index (κ3) is 5.12. The maximum atomic E-state index is 6.54. The minimum absolute atomic E-state index is 0.546. The van der Waals surface area contributed by atoms with Crippen molar-refractivity contribution in [2.75, 3.05) is 0 Å². The lowest BCUT2D eigenvalue weighted by Crippen LogP contribution is -2.00. The normalized spacial score (nSPS) is 11.9. The van der Waals surface area contributed by atoms with Gasteiger partial charge in [0.2, 0.25) is 0 Å². The molecule has 0 amide bonds. The van der Waals surface area contributed by atoms with Crippen LogP contribution in [0, 0.1) is 0 Å². The minimum Gasteiger partial charge on any atom is -0.456 e. The SMILES string of the molecule is c1ccc(-c2nc(-c3ccc4c(c3)oc3ccc(-c5cccc6c5sc5cccc(-c7ccccc7)c56)cc34)nc(-c3cccc4c3oc3ccccc34)n2)cc1. The van der Waals surface area contributed by atoms with E-state index < -0.39 is 0 Å². The molecule has 12 aromatic rings. The Morgan fingerprint density at radius 1 is 0.351 bits per heavy atom. The molecular formula is C51H29N3O2S. The molecule has 0 aliphatic carbocycles. The van der Waals surface area contributed by atoms with Gasteiger partial charge in [-0.2, -0.15) is 0 Å². The van der Waals surface area contributed by atoms with Gasteiger partial charge in [-0.1, -0.05) is 133 Å². The van der Waals surface area contributed by atoms with E-state index in [0.29, 0.717) is 17.5 Å². The topological polar surface area (TPSA) is 65.0 Å². The Labute approximate surface area is 330 Å². The van der Waals surface area contributed by atoms with Gasteiger partial charge in [-0.25, -0.2) is 15.0 Å². The number of hydrogen-bond donors (Lipinski definition) is 0. The van der Waals surface area contributed by atoms with Crippen LogP contribution in [-0.2, 0) is 0 Å². The monoisotopic (exact) mass is 747 g/mol. The average Bonchev–Trinajstić information content (AvgIpc) is 3.97. The molecule has 4 heterocycles. The van der Waals surface area contributed by atoms with E-state index in [2.05, 4.69) is 109 Å². The number of para-hydroxylation sites is 2. The molecule has 6 heteroatoms. The second-order valence-corrected chi connectivity index (χ2v) is 15.4. The summed E-state index contributed by atoms with van der Waals surface area (Å²) in [6.07, 6.45) is 0. The lowest BCUT2D eigenvalue weighted by atomic mass is 9.97. The highest BCUT2D eigenvalue weighted by Gasteiger charge is 2.20. The van der Waals surface area contributed by atoms with Gasteiger partial charge in [0, 0.05) is 52.8 Å². The van der Waals surface area contributed by atoms with Crippen LogP contribution in [0.5, 0.6) is 0 Å². The van der Waals surface area contributed by atoms with Crippen LogP contribution >= 0.6 is 11.3 Å². The lowest BCUT2D eigenvalue weighted by Gasteiger charge is -2.09. The Balaban J connectivity index is 0.987. The third-order valence-electron chi connectivity index (χ3n) is 11.0. The summed E-state index contributed by atoms with van der Waals surface area (Å²) in [6.45, 7) is 0. The standard InChI is InChI=1S/C51H29N3O2S/c1-3-12-30(13-4-1)34-17-11-23-45-46(34)39-20-9-18-35(48(39)57-45)32-25-27-43-41(28-32)37-26-24-33(29-44(37)55-43)50-52-49(31-14-5-2-6-15-31)53-51(54-50)40-21-10-19-38-36-16-7-8-22-42(36)56-47(38)40/h1-29H. The van der Waals surface area contributed by atoms with Gasteiger partial charge in [0.1, 0.15) is 22.3 Å². The Kier molecular flexibility index (Phi) is 7.03. The van der Waals surface area contributed by atoms with Crippen LogP contribution in [0.3, 0.4) is 0 Å². The maximum Gasteiger partial charge on any atom is 0.167 e. The molecule has 5 nitrogen and oxygen atoms in total. The summed E-state index contributed by atoms with van der Waals surface area (Å²) in [4.78, 5) is 15.1. The predicted molar refractivity (Wildman–Crippen MR) is 234 cm³/mol. The number of aromatic nitrogens is 3. The molecule has 0 aliphatic rings. The molecule has 0 N–H and O–H groups in total. The number of furan rings is 2. The average molecular weight is 748 g/mol. The fraction of sp³-hybridized carbons (Fsp3) is 0. The smallest absolute Gasteiger partial charge is 0.167 e. The van der Waals surface area contributed by atoms with Crippen molar-refractivity contribution in [3.8, 4) is 56.4 Å². The molecule has 57 heavy (non-hydrogen) atoms. The second kappa shape index (κ2) is 12.6. The second-order valence-electron chi connectivity index (χ2n) is 14.3. The molecule has 4 aromatic heterocycles. The van der Waals surface area contributed by atoms with Crippen LogP contribution in [0.1, 0.15) is 0 Å². The summed E-state index contributed by atoms with van der Waals surface area (Å²) < 4.78 is 15.5. The first kappa shape index (κ1) is 31.9. The van der Waals surface area contributed by atoms with E-state index in [-0.39, 0.29) is 0 Å². The Hall–Kier alpha value is -7.41. The molecule has 0 atom stereocenters. The van der Waals surface area contributed by atoms with Gasteiger partial charge in [0.05, 0.1) is 5.56 Å². The largest absolute Gasteiger partial charge is 0.456 e. The molecular weight excluding hydrogens is 719 g/mol. The molecule has 0 aliphatic heterocycles. The molecule has 0 radical (unpaired) electrons. The van der Waals surface area contributed by atoms with Gasteiger partial charge in [0.15, 0.2) is 17.5 Å². The van der Waals surface area contributed by atoms with Gasteiger partial charge in [-0.15, -0.1) is 11.3 Å². The van der Waals surface area contributed by atoms with Crippen LogP contribution in [-0.4, -0.2) is 15.0 Å². The first-order valence-electron chi connectivity index (χ1n) is 18.9. The number of nitrogens with zero attached hydrogens (tertiary/aromatic N) is 3. The molecule has 12 rings (SSSR count). The van der Waals surface area contributed by atoms with E-state index >= 15 is 0 Å². The Bertz CT molecular complexity index is 3530. The summed E-state index contributed by atoms with van der Waals surface area (Å²) in [5, 5.41) is 6.76.